The van der Waals surface area contributed by atoms with E-state index in [-0.39, 0.29) is 62.7 Å². The summed E-state index contributed by atoms with van der Waals surface area (Å²) in [6.45, 7) is 30.8. The first-order chi connectivity index (χ1) is 26.9. The molecule has 0 aromatic heterocycles. The molecule has 58 heavy (non-hydrogen) atoms. The highest BCUT2D eigenvalue weighted by Gasteiger charge is 2.72. The largest absolute Gasteiger partial charge is 0.465 e. The number of fused-ring (bicyclic) bond motifs is 3. The van der Waals surface area contributed by atoms with Gasteiger partial charge in [0.1, 0.15) is 0 Å². The van der Waals surface area contributed by atoms with E-state index in [0.717, 1.165) is 56.9 Å². The van der Waals surface area contributed by atoms with E-state index in [2.05, 4.69) is 87.0 Å². The van der Waals surface area contributed by atoms with Gasteiger partial charge in [0.05, 0.1) is 55.0 Å². The van der Waals surface area contributed by atoms with E-state index >= 15 is 0 Å². The second kappa shape index (κ2) is 15.8. The predicted molar refractivity (Wildman–Crippen MR) is 232 cm³/mol. The zero-order chi connectivity index (χ0) is 42.9. The number of sulfonamides is 1. The maximum atomic E-state index is 14.6. The van der Waals surface area contributed by atoms with Crippen LogP contribution in [0.1, 0.15) is 140 Å². The average Bonchev–Trinajstić information content (AvgIpc) is 3.13. The molecule has 1 saturated heterocycles. The summed E-state index contributed by atoms with van der Waals surface area (Å²) in [5.74, 6) is 1.30. The van der Waals surface area contributed by atoms with Crippen LogP contribution in [-0.2, 0) is 33.8 Å². The van der Waals surface area contributed by atoms with E-state index < -0.39 is 21.0 Å². The van der Waals surface area contributed by atoms with E-state index in [0.29, 0.717) is 43.5 Å². The normalized spacial score (nSPS) is 39.1. The Kier molecular flexibility index (Phi) is 12.5. The number of benzene rings is 1. The van der Waals surface area contributed by atoms with Crippen molar-refractivity contribution in [1.29, 1.82) is 0 Å². The Morgan fingerprint density at radius 3 is 2.26 bits per heavy atom. The molecule has 1 aliphatic heterocycles. The first-order valence-corrected chi connectivity index (χ1v) is 24.1. The zero-order valence-electron chi connectivity index (χ0n) is 38.7. The number of hydrogen-bond donors (Lipinski definition) is 1. The minimum Gasteiger partial charge on any atom is -0.465 e. The number of carbonyl (C=O) groups excluding carboxylic acids is 1. The van der Waals surface area contributed by atoms with Gasteiger partial charge in [-0.1, -0.05) is 112 Å². The topological polar surface area (TPSA) is 100 Å². The Morgan fingerprint density at radius 2 is 1.66 bits per heavy atom. The third-order valence-corrected chi connectivity index (χ3v) is 19.6. The number of allylic oxidation sites excluding steroid dienone is 1. The van der Waals surface area contributed by atoms with Crippen LogP contribution in [-0.4, -0.2) is 65.7 Å². The van der Waals surface area contributed by atoms with Gasteiger partial charge in [-0.25, -0.2) is 13.1 Å². The number of nitrogens with one attached hydrogen (secondary N) is 1. The summed E-state index contributed by atoms with van der Waals surface area (Å²) in [6.07, 6.45) is 9.80. The van der Waals surface area contributed by atoms with Gasteiger partial charge in [0.25, 0.3) is 0 Å². The van der Waals surface area contributed by atoms with Gasteiger partial charge in [-0.3, -0.25) is 4.79 Å². The molecule has 9 heteroatoms. The van der Waals surface area contributed by atoms with Crippen LogP contribution < -0.4 is 4.72 Å². The van der Waals surface area contributed by atoms with Crippen molar-refractivity contribution in [2.75, 3.05) is 33.5 Å². The first-order valence-electron chi connectivity index (χ1n) is 22.6. The third kappa shape index (κ3) is 7.18. The number of ether oxygens (including phenoxy) is 4. The van der Waals surface area contributed by atoms with Crippen LogP contribution in [0.3, 0.4) is 0 Å². The second-order valence-corrected chi connectivity index (χ2v) is 23.9. The molecule has 4 aliphatic carbocycles. The van der Waals surface area contributed by atoms with Gasteiger partial charge in [-0.15, -0.1) is 0 Å². The fourth-order valence-electron chi connectivity index (χ4n) is 13.2. The number of rotatable bonds is 13. The highest BCUT2D eigenvalue weighted by Crippen LogP contribution is 2.75. The number of methoxy groups -OCH3 is 1. The van der Waals surface area contributed by atoms with Crippen molar-refractivity contribution in [1.82, 2.24) is 4.72 Å². The standard InChI is InChI=1S/C49H79NO7S/c1-15-16-27-56-42(51)40-44(9,34(5)32(2)3)25-26-46(11)36-21-22-39-45(10)29-55-31-49(39,37(36)23-24-47(40,46)12)28-38(54-14)41(45)57-30-48(13,43(6,7)8)50-58(52,53)35-19-17-33(4)18-20-35/h17-20,23,32,34,36,38-41,50H,15-16,21-22,24-31H2,1-14H3/t34-,36+,38-,39+,40-,41+,44-,45+,46-,47+,48-,49+/m1/s1. The lowest BCUT2D eigenvalue weighted by Crippen LogP contribution is -2.70. The minimum absolute atomic E-state index is 0.00895. The van der Waals surface area contributed by atoms with Crippen molar-refractivity contribution >= 4 is 16.0 Å². The summed E-state index contributed by atoms with van der Waals surface area (Å²) in [6, 6.07) is 7.00. The molecule has 3 saturated carbocycles. The van der Waals surface area contributed by atoms with Crippen LogP contribution in [0.2, 0.25) is 0 Å². The van der Waals surface area contributed by atoms with Crippen molar-refractivity contribution in [3.05, 3.63) is 41.5 Å². The van der Waals surface area contributed by atoms with Gasteiger partial charge in [0, 0.05) is 17.9 Å². The van der Waals surface area contributed by atoms with Gasteiger partial charge in [-0.05, 0) is 116 Å². The van der Waals surface area contributed by atoms with Crippen LogP contribution in [0.25, 0.3) is 0 Å². The Morgan fingerprint density at radius 1 is 0.983 bits per heavy atom. The van der Waals surface area contributed by atoms with Gasteiger partial charge in [-0.2, -0.15) is 0 Å². The van der Waals surface area contributed by atoms with E-state index in [4.69, 9.17) is 18.9 Å². The lowest BCUT2D eigenvalue weighted by Gasteiger charge is -2.71. The molecule has 8 nitrogen and oxygen atoms in total. The predicted octanol–water partition coefficient (Wildman–Crippen LogP) is 10.3. The van der Waals surface area contributed by atoms with Crippen molar-refractivity contribution in [2.45, 2.75) is 164 Å². The van der Waals surface area contributed by atoms with Crippen molar-refractivity contribution in [2.24, 2.45) is 62.1 Å². The number of hydrogen-bond acceptors (Lipinski definition) is 7. The number of carbonyl (C=O) groups is 1. The van der Waals surface area contributed by atoms with E-state index in [9.17, 15) is 13.2 Å². The van der Waals surface area contributed by atoms with Crippen molar-refractivity contribution < 1.29 is 32.2 Å². The quantitative estimate of drug-likeness (QED) is 0.120. The molecule has 0 unspecified atom stereocenters. The van der Waals surface area contributed by atoms with Crippen molar-refractivity contribution in [3.8, 4) is 0 Å². The molecular weight excluding hydrogens is 747 g/mol. The monoisotopic (exact) mass is 826 g/mol. The van der Waals surface area contributed by atoms with Crippen LogP contribution >= 0.6 is 0 Å². The highest BCUT2D eigenvalue weighted by molar-refractivity contribution is 7.89. The molecule has 1 aromatic carbocycles. The van der Waals surface area contributed by atoms with Gasteiger partial charge >= 0.3 is 5.97 Å². The highest BCUT2D eigenvalue weighted by atomic mass is 32.2. The summed E-state index contributed by atoms with van der Waals surface area (Å²) < 4.78 is 57.4. The molecule has 0 spiro atoms. The summed E-state index contributed by atoms with van der Waals surface area (Å²) in [5, 5.41) is 0. The van der Waals surface area contributed by atoms with Gasteiger partial charge < -0.3 is 18.9 Å². The Hall–Kier alpha value is -1.78. The maximum Gasteiger partial charge on any atom is 0.310 e. The van der Waals surface area contributed by atoms with Crippen LogP contribution in [0.15, 0.2) is 40.8 Å². The molecular formula is C49H79NO7S. The first kappa shape index (κ1) is 45.7. The minimum atomic E-state index is -3.83. The molecule has 1 aromatic rings. The molecule has 12 atom stereocenters. The fourth-order valence-corrected chi connectivity index (χ4v) is 14.8. The molecule has 1 N–H and O–H groups in total. The number of aryl methyl sites for hydroxylation is 1. The van der Waals surface area contributed by atoms with Gasteiger partial charge in [0.2, 0.25) is 10.0 Å². The Labute approximate surface area is 352 Å². The lowest BCUT2D eigenvalue weighted by atomic mass is 9.34. The lowest BCUT2D eigenvalue weighted by molar-refractivity contribution is -0.270. The molecule has 6 rings (SSSR count). The molecule has 0 amide bonds. The molecule has 0 radical (unpaired) electrons. The molecule has 2 bridgehead atoms. The molecule has 4 fully saturated rings. The third-order valence-electron chi connectivity index (χ3n) is 18.0. The second-order valence-electron chi connectivity index (χ2n) is 22.2. The molecule has 5 aliphatic rings. The molecule has 328 valence electrons. The van der Waals surface area contributed by atoms with Crippen LogP contribution in [0.4, 0.5) is 0 Å². The van der Waals surface area contributed by atoms with E-state index in [1.54, 1.807) is 12.1 Å². The maximum absolute atomic E-state index is 14.6. The van der Waals surface area contributed by atoms with Crippen LogP contribution in [0, 0.1) is 69.0 Å². The average molecular weight is 826 g/mol. The SMILES string of the molecule is CCCCOC(=O)[C@@H]1[C@@](C)([C@H](C)C(C)C)CC[C@]2(C)[C@H]3CC[C@@H]4[C@@]5(COC[C@]4(C)[C@@H](OC[C@@](C)(NS(=O)(=O)c4ccc(C)cc4)C(C)(C)C)[C@H](OC)C5)C3=CC[C@@]12C. The Bertz CT molecular complexity index is 1800. The smallest absolute Gasteiger partial charge is 0.310 e. The zero-order valence-corrected chi connectivity index (χ0v) is 39.5. The number of esters is 1. The summed E-state index contributed by atoms with van der Waals surface area (Å²) in [4.78, 5) is 14.8. The van der Waals surface area contributed by atoms with E-state index in [1.807, 2.05) is 33.1 Å². The summed E-state index contributed by atoms with van der Waals surface area (Å²) in [5.41, 5.74) is 0.0776. The summed E-state index contributed by atoms with van der Waals surface area (Å²) >= 11 is 0. The fraction of sp³-hybridized carbons (Fsp3) is 0.816. The Balaban J connectivity index is 1.34. The van der Waals surface area contributed by atoms with Gasteiger partial charge in [0.15, 0.2) is 0 Å². The van der Waals surface area contributed by atoms with Crippen LogP contribution in [0.5, 0.6) is 0 Å². The van der Waals surface area contributed by atoms with E-state index in [1.165, 1.54) is 5.57 Å². The summed E-state index contributed by atoms with van der Waals surface area (Å²) in [7, 11) is -2.02. The molecule has 1 heterocycles. The van der Waals surface area contributed by atoms with Crippen molar-refractivity contribution in [3.63, 3.8) is 0 Å². The number of unbranched alkanes of at least 4 members (excludes halogenated alkanes) is 1.